The van der Waals surface area contributed by atoms with E-state index in [0.717, 1.165) is 17.9 Å². The summed E-state index contributed by atoms with van der Waals surface area (Å²) in [6.07, 6.45) is 7.61. The lowest BCUT2D eigenvalue weighted by atomic mass is 9.84. The molecule has 0 saturated heterocycles. The smallest absolute Gasteiger partial charge is 0.148 e. The van der Waals surface area contributed by atoms with E-state index in [2.05, 4.69) is 27.0 Å². The molecular formula is C11H19N5S. The number of nitrogens with one attached hydrogen (secondary N) is 2. The Kier molecular flexibility index (Phi) is 3.73. The molecule has 1 fully saturated rings. The fraction of sp³-hybridized carbons (Fsp3) is 0.636. The van der Waals surface area contributed by atoms with Gasteiger partial charge in [0.05, 0.1) is 0 Å². The van der Waals surface area contributed by atoms with E-state index in [1.807, 2.05) is 18.7 Å². The number of nitrogens with zero attached hydrogens (tertiary/aromatic N) is 2. The van der Waals surface area contributed by atoms with Crippen LogP contribution in [-0.4, -0.2) is 27.5 Å². The number of nitrogen functional groups attached to an aromatic ring is 1. The van der Waals surface area contributed by atoms with Crippen LogP contribution in [0.25, 0.3) is 0 Å². The first-order valence-electron chi connectivity index (χ1n) is 5.78. The van der Waals surface area contributed by atoms with Gasteiger partial charge in [-0.1, -0.05) is 6.42 Å². The van der Waals surface area contributed by atoms with E-state index in [-0.39, 0.29) is 0 Å². The predicted molar refractivity (Wildman–Crippen MR) is 73.2 cm³/mol. The molecule has 0 unspecified atom stereocenters. The number of anilines is 2. The van der Waals surface area contributed by atoms with Crippen molar-refractivity contribution in [1.82, 2.24) is 9.97 Å². The maximum absolute atomic E-state index is 5.39. The predicted octanol–water partition coefficient (Wildman–Crippen LogP) is 1.77. The van der Waals surface area contributed by atoms with Crippen molar-refractivity contribution in [1.29, 1.82) is 0 Å². The van der Waals surface area contributed by atoms with Crippen molar-refractivity contribution >= 4 is 23.4 Å². The molecule has 1 aromatic heterocycles. The number of hydrazine groups is 1. The summed E-state index contributed by atoms with van der Waals surface area (Å²) in [6, 6.07) is 0. The van der Waals surface area contributed by atoms with Gasteiger partial charge in [-0.3, -0.25) is 0 Å². The Morgan fingerprint density at radius 2 is 2.12 bits per heavy atom. The number of hydrogen-bond acceptors (Lipinski definition) is 6. The molecule has 6 heteroatoms. The van der Waals surface area contributed by atoms with E-state index in [1.165, 1.54) is 25.6 Å². The van der Waals surface area contributed by atoms with Crippen LogP contribution < -0.4 is 16.6 Å². The average molecular weight is 253 g/mol. The van der Waals surface area contributed by atoms with Gasteiger partial charge in [-0.15, -0.1) is 0 Å². The first-order chi connectivity index (χ1) is 8.21. The Labute approximate surface area is 106 Å². The van der Waals surface area contributed by atoms with Crippen LogP contribution in [0.3, 0.4) is 0 Å². The van der Waals surface area contributed by atoms with Gasteiger partial charge in [0.15, 0.2) is 0 Å². The Morgan fingerprint density at radius 3 is 2.65 bits per heavy atom. The van der Waals surface area contributed by atoms with Gasteiger partial charge in [-0.05, 0) is 26.0 Å². The van der Waals surface area contributed by atoms with E-state index in [9.17, 15) is 0 Å². The van der Waals surface area contributed by atoms with Gasteiger partial charge in [0, 0.05) is 16.9 Å². The van der Waals surface area contributed by atoms with Crippen molar-refractivity contribution < 1.29 is 0 Å². The zero-order valence-corrected chi connectivity index (χ0v) is 11.1. The van der Waals surface area contributed by atoms with Crippen molar-refractivity contribution in [3.05, 3.63) is 11.9 Å². The monoisotopic (exact) mass is 253 g/mol. The lowest BCUT2D eigenvalue weighted by Gasteiger charge is -2.40. The van der Waals surface area contributed by atoms with Crippen LogP contribution in [0.1, 0.15) is 24.8 Å². The van der Waals surface area contributed by atoms with E-state index >= 15 is 0 Å². The fourth-order valence-corrected chi connectivity index (χ4v) is 2.96. The first-order valence-corrected chi connectivity index (χ1v) is 7.00. The van der Waals surface area contributed by atoms with Crippen LogP contribution in [0.4, 0.5) is 11.6 Å². The molecule has 0 spiro atoms. The summed E-state index contributed by atoms with van der Waals surface area (Å²) in [7, 11) is 0. The summed E-state index contributed by atoms with van der Waals surface area (Å²) >= 11 is 1.95. The molecular weight excluding hydrogens is 234 g/mol. The molecule has 0 aliphatic heterocycles. The molecule has 1 aliphatic carbocycles. The number of hydrogen-bond donors (Lipinski definition) is 3. The van der Waals surface area contributed by atoms with Crippen LogP contribution in [-0.2, 0) is 0 Å². The van der Waals surface area contributed by atoms with Gasteiger partial charge in [-0.2, -0.15) is 11.8 Å². The van der Waals surface area contributed by atoms with Crippen molar-refractivity contribution in [3.63, 3.8) is 0 Å². The second kappa shape index (κ2) is 5.10. The quantitative estimate of drug-likeness (QED) is 0.548. The second-order valence-corrected chi connectivity index (χ2v) is 5.71. The standard InChI is InChI=1S/C11H19N5S/c1-8-9(14-7-15-10(8)16-12)13-6-11(17-2)4-3-5-11/h7H,3-6,12H2,1-2H3,(H2,13,14,15,16). The Balaban J connectivity index is 2.04. The van der Waals surface area contributed by atoms with Gasteiger partial charge < -0.3 is 10.7 Å². The fourth-order valence-electron chi connectivity index (χ4n) is 2.04. The molecule has 0 atom stereocenters. The molecule has 1 aliphatic rings. The molecule has 1 aromatic rings. The van der Waals surface area contributed by atoms with Crippen LogP contribution in [0.15, 0.2) is 6.33 Å². The van der Waals surface area contributed by atoms with E-state index in [1.54, 1.807) is 0 Å². The second-order valence-electron chi connectivity index (χ2n) is 4.43. The molecule has 0 aromatic carbocycles. The summed E-state index contributed by atoms with van der Waals surface area (Å²) in [5.74, 6) is 6.94. The third-order valence-electron chi connectivity index (χ3n) is 3.50. The Morgan fingerprint density at radius 1 is 1.41 bits per heavy atom. The first kappa shape index (κ1) is 12.4. The highest BCUT2D eigenvalue weighted by Crippen LogP contribution is 2.42. The van der Waals surface area contributed by atoms with Crippen LogP contribution >= 0.6 is 11.8 Å². The molecule has 17 heavy (non-hydrogen) atoms. The minimum atomic E-state index is 0.397. The zero-order valence-electron chi connectivity index (χ0n) is 10.3. The summed E-state index contributed by atoms with van der Waals surface area (Å²) in [6.45, 7) is 2.92. The zero-order chi connectivity index (χ0) is 12.3. The highest BCUT2D eigenvalue weighted by Gasteiger charge is 2.35. The molecule has 4 N–H and O–H groups in total. The van der Waals surface area contributed by atoms with Gasteiger partial charge in [-0.25, -0.2) is 15.8 Å². The van der Waals surface area contributed by atoms with Crippen molar-refractivity contribution in [2.75, 3.05) is 23.5 Å². The molecule has 1 heterocycles. The van der Waals surface area contributed by atoms with Crippen molar-refractivity contribution in [2.24, 2.45) is 5.84 Å². The van der Waals surface area contributed by atoms with Gasteiger partial charge in [0.2, 0.25) is 0 Å². The van der Waals surface area contributed by atoms with Crippen LogP contribution in [0, 0.1) is 6.92 Å². The summed E-state index contributed by atoms with van der Waals surface area (Å²) in [5.41, 5.74) is 3.54. The topological polar surface area (TPSA) is 75.9 Å². The lowest BCUT2D eigenvalue weighted by molar-refractivity contribution is 0.379. The maximum atomic E-state index is 5.39. The highest BCUT2D eigenvalue weighted by molar-refractivity contribution is 8.00. The maximum Gasteiger partial charge on any atom is 0.148 e. The molecule has 94 valence electrons. The van der Waals surface area contributed by atoms with E-state index in [4.69, 9.17) is 5.84 Å². The Bertz CT molecular complexity index is 386. The van der Waals surface area contributed by atoms with E-state index < -0.39 is 0 Å². The van der Waals surface area contributed by atoms with Gasteiger partial charge in [0.25, 0.3) is 0 Å². The number of rotatable bonds is 5. The van der Waals surface area contributed by atoms with Crippen LogP contribution in [0.2, 0.25) is 0 Å². The van der Waals surface area contributed by atoms with Gasteiger partial charge in [0.1, 0.15) is 18.0 Å². The minimum Gasteiger partial charge on any atom is -0.368 e. The number of nitrogens with two attached hydrogens (primary N) is 1. The molecule has 0 bridgehead atoms. The average Bonchev–Trinajstić information content (AvgIpc) is 2.30. The van der Waals surface area contributed by atoms with E-state index in [0.29, 0.717) is 10.6 Å². The summed E-state index contributed by atoms with van der Waals surface area (Å²) in [5, 5.41) is 3.41. The number of thioether (sulfide) groups is 1. The SMILES string of the molecule is CSC1(CNc2ncnc(NN)c2C)CCC1. The molecule has 2 rings (SSSR count). The molecule has 1 saturated carbocycles. The third kappa shape index (κ3) is 2.47. The third-order valence-corrected chi connectivity index (χ3v) is 4.92. The number of aromatic nitrogens is 2. The Hall–Kier alpha value is -1.01. The largest absolute Gasteiger partial charge is 0.368 e. The van der Waals surface area contributed by atoms with Crippen molar-refractivity contribution in [3.8, 4) is 0 Å². The highest BCUT2D eigenvalue weighted by atomic mass is 32.2. The molecule has 0 radical (unpaired) electrons. The lowest BCUT2D eigenvalue weighted by Crippen LogP contribution is -2.40. The summed E-state index contributed by atoms with van der Waals surface area (Å²) in [4.78, 5) is 8.32. The van der Waals surface area contributed by atoms with Crippen LogP contribution in [0.5, 0.6) is 0 Å². The minimum absolute atomic E-state index is 0.397. The normalized spacial score (nSPS) is 17.4. The molecule has 5 nitrogen and oxygen atoms in total. The summed E-state index contributed by atoms with van der Waals surface area (Å²) < 4.78 is 0.397. The van der Waals surface area contributed by atoms with Gasteiger partial charge >= 0.3 is 0 Å². The molecule has 0 amide bonds. The van der Waals surface area contributed by atoms with Crippen molar-refractivity contribution in [2.45, 2.75) is 30.9 Å².